The molecule has 0 spiro atoms. The third-order valence-electron chi connectivity index (χ3n) is 6.75. The average Bonchev–Trinajstić information content (AvgIpc) is 3.29. The summed E-state index contributed by atoms with van der Waals surface area (Å²) < 4.78 is 22.1. The maximum absolute atomic E-state index is 12.6. The number of hydrogen-bond acceptors (Lipinski definition) is 7. The zero-order valence-electron chi connectivity index (χ0n) is 20.5. The number of fused-ring (bicyclic) bond motifs is 1. The van der Waals surface area contributed by atoms with E-state index in [2.05, 4.69) is 11.9 Å². The monoisotopic (exact) mass is 482 g/mol. The van der Waals surface area contributed by atoms with Crippen molar-refractivity contribution in [3.8, 4) is 11.5 Å². The number of methoxy groups -OCH3 is 1. The molecule has 2 aromatic rings. The average molecular weight is 483 g/mol. The molecule has 8 heteroatoms. The third-order valence-corrected chi connectivity index (χ3v) is 6.75. The van der Waals surface area contributed by atoms with Gasteiger partial charge in [0, 0.05) is 43.6 Å². The summed E-state index contributed by atoms with van der Waals surface area (Å²) in [6.45, 7) is 3.44. The first-order valence-corrected chi connectivity index (χ1v) is 12.2. The Morgan fingerprint density at radius 3 is 2.71 bits per heavy atom. The van der Waals surface area contributed by atoms with E-state index in [4.69, 9.17) is 18.9 Å². The van der Waals surface area contributed by atoms with Crippen molar-refractivity contribution in [3.63, 3.8) is 0 Å². The number of ether oxygens (including phenoxy) is 4. The van der Waals surface area contributed by atoms with Crippen LogP contribution in [-0.2, 0) is 20.9 Å². The molecule has 2 aliphatic rings. The van der Waals surface area contributed by atoms with Crippen LogP contribution in [0.25, 0.3) is 0 Å². The molecule has 188 valence electrons. The van der Waals surface area contributed by atoms with Gasteiger partial charge in [-0.15, -0.1) is 0 Å². The minimum atomic E-state index is -0.274. The van der Waals surface area contributed by atoms with Gasteiger partial charge in [-0.2, -0.15) is 0 Å². The number of esters is 1. The second-order valence-corrected chi connectivity index (χ2v) is 9.08. The normalized spacial score (nSPS) is 19.5. The molecule has 4 rings (SSSR count). The highest BCUT2D eigenvalue weighted by Crippen LogP contribution is 2.38. The van der Waals surface area contributed by atoms with Crippen molar-refractivity contribution in [2.75, 3.05) is 47.0 Å². The Bertz CT molecular complexity index is 998. The fraction of sp³-hybridized carbons (Fsp3) is 0.481. The number of carbonyl (C=O) groups excluding carboxylic acids is 2. The van der Waals surface area contributed by atoms with E-state index in [1.807, 2.05) is 48.5 Å². The number of likely N-dealkylation sites (N-methyl/N-ethyl adjacent to an activating group) is 1. The fourth-order valence-corrected chi connectivity index (χ4v) is 4.53. The van der Waals surface area contributed by atoms with Crippen LogP contribution in [0.1, 0.15) is 36.3 Å². The number of hydrogen-bond donors (Lipinski definition) is 0. The van der Waals surface area contributed by atoms with Gasteiger partial charge < -0.3 is 23.8 Å². The highest BCUT2D eigenvalue weighted by Gasteiger charge is 2.29. The van der Waals surface area contributed by atoms with E-state index < -0.39 is 0 Å². The Kier molecular flexibility index (Phi) is 8.47. The van der Waals surface area contributed by atoms with Crippen LogP contribution in [0, 0.1) is 0 Å². The minimum Gasteiger partial charge on any atom is -0.494 e. The predicted molar refractivity (Wildman–Crippen MR) is 131 cm³/mol. The standard InChI is InChI=1S/C27H34N2O6/c1-28-13-14-29(27(31)35-18-20-6-4-3-5-7-20)17-22(28)12-15-33-23-9-10-25-24(16-23)21(19-34-25)8-11-26(30)32-2/h3-7,9-10,16,21-22H,8,11-15,17-19H2,1-2H3/t21?,22-/m1/s1. The molecule has 0 radical (unpaired) electrons. The first-order valence-electron chi connectivity index (χ1n) is 12.2. The number of carbonyl (C=O) groups is 2. The van der Waals surface area contributed by atoms with Crippen LogP contribution >= 0.6 is 0 Å². The molecule has 2 aliphatic heterocycles. The Morgan fingerprint density at radius 1 is 1.09 bits per heavy atom. The van der Waals surface area contributed by atoms with Crippen LogP contribution in [0.3, 0.4) is 0 Å². The summed E-state index contributed by atoms with van der Waals surface area (Å²) in [7, 11) is 3.49. The zero-order chi connectivity index (χ0) is 24.6. The van der Waals surface area contributed by atoms with Crippen molar-refractivity contribution in [1.82, 2.24) is 9.80 Å². The summed E-state index contributed by atoms with van der Waals surface area (Å²) in [5.41, 5.74) is 2.06. The van der Waals surface area contributed by atoms with E-state index in [1.54, 1.807) is 4.90 Å². The molecule has 0 saturated carbocycles. The zero-order valence-corrected chi connectivity index (χ0v) is 20.5. The lowest BCUT2D eigenvalue weighted by Gasteiger charge is -2.38. The van der Waals surface area contributed by atoms with Crippen molar-refractivity contribution >= 4 is 12.1 Å². The maximum Gasteiger partial charge on any atom is 0.410 e. The van der Waals surface area contributed by atoms with Gasteiger partial charge in [0.25, 0.3) is 0 Å². The van der Waals surface area contributed by atoms with Crippen LogP contribution in [0.2, 0.25) is 0 Å². The molecule has 2 aromatic carbocycles. The largest absolute Gasteiger partial charge is 0.494 e. The van der Waals surface area contributed by atoms with Crippen LogP contribution < -0.4 is 9.47 Å². The molecular formula is C27H34N2O6. The fourth-order valence-electron chi connectivity index (χ4n) is 4.53. The molecule has 1 amide bonds. The van der Waals surface area contributed by atoms with Gasteiger partial charge in [0.15, 0.2) is 0 Å². The summed E-state index contributed by atoms with van der Waals surface area (Å²) in [6, 6.07) is 15.8. The first kappa shape index (κ1) is 24.9. The molecule has 0 bridgehead atoms. The quantitative estimate of drug-likeness (QED) is 0.503. The van der Waals surface area contributed by atoms with Gasteiger partial charge in [-0.3, -0.25) is 9.69 Å². The van der Waals surface area contributed by atoms with Crippen LogP contribution in [0.4, 0.5) is 4.79 Å². The molecule has 35 heavy (non-hydrogen) atoms. The van der Waals surface area contributed by atoms with E-state index in [9.17, 15) is 9.59 Å². The molecule has 2 heterocycles. The summed E-state index contributed by atoms with van der Waals surface area (Å²) >= 11 is 0. The van der Waals surface area contributed by atoms with Gasteiger partial charge in [0.1, 0.15) is 18.1 Å². The van der Waals surface area contributed by atoms with Crippen molar-refractivity contribution in [2.24, 2.45) is 0 Å². The maximum atomic E-state index is 12.6. The Balaban J connectivity index is 1.25. The Labute approximate surface area is 206 Å². The molecule has 1 saturated heterocycles. The molecule has 0 aliphatic carbocycles. The molecular weight excluding hydrogens is 448 g/mol. The Morgan fingerprint density at radius 2 is 1.91 bits per heavy atom. The second kappa shape index (κ2) is 11.9. The van der Waals surface area contributed by atoms with Crippen LogP contribution in [0.5, 0.6) is 11.5 Å². The molecule has 0 N–H and O–H groups in total. The topological polar surface area (TPSA) is 77.5 Å². The van der Waals surface area contributed by atoms with Gasteiger partial charge in [-0.05, 0) is 43.7 Å². The van der Waals surface area contributed by atoms with Crippen molar-refractivity contribution in [1.29, 1.82) is 0 Å². The molecule has 0 aromatic heterocycles. The van der Waals surface area contributed by atoms with E-state index in [0.29, 0.717) is 39.1 Å². The van der Waals surface area contributed by atoms with Crippen LogP contribution in [0.15, 0.2) is 48.5 Å². The van der Waals surface area contributed by atoms with E-state index >= 15 is 0 Å². The second-order valence-electron chi connectivity index (χ2n) is 9.08. The smallest absolute Gasteiger partial charge is 0.410 e. The van der Waals surface area contributed by atoms with Crippen molar-refractivity contribution < 1.29 is 28.5 Å². The number of rotatable bonds is 9. The lowest BCUT2D eigenvalue weighted by molar-refractivity contribution is -0.140. The lowest BCUT2D eigenvalue weighted by Crippen LogP contribution is -2.53. The summed E-state index contributed by atoms with van der Waals surface area (Å²) in [4.78, 5) is 28.1. The lowest BCUT2D eigenvalue weighted by atomic mass is 9.96. The third kappa shape index (κ3) is 6.66. The van der Waals surface area contributed by atoms with Crippen molar-refractivity contribution in [2.45, 2.75) is 37.8 Å². The van der Waals surface area contributed by atoms with Gasteiger partial charge in [-0.1, -0.05) is 30.3 Å². The van der Waals surface area contributed by atoms with Crippen molar-refractivity contribution in [3.05, 3.63) is 59.7 Å². The summed E-state index contributed by atoms with van der Waals surface area (Å²) in [5.74, 6) is 1.59. The number of piperazine rings is 1. The minimum absolute atomic E-state index is 0.160. The van der Waals surface area contributed by atoms with E-state index in [-0.39, 0.29) is 30.6 Å². The SMILES string of the molecule is COC(=O)CCC1COc2ccc(OCC[C@@H]3CN(C(=O)OCc4ccccc4)CCN3C)cc21. The highest BCUT2D eigenvalue weighted by molar-refractivity contribution is 5.69. The summed E-state index contributed by atoms with van der Waals surface area (Å²) in [6.07, 6.45) is 1.57. The number of nitrogens with zero attached hydrogens (tertiary/aromatic N) is 2. The van der Waals surface area contributed by atoms with Gasteiger partial charge in [-0.25, -0.2) is 4.79 Å². The Hall–Kier alpha value is -3.26. The molecule has 1 unspecified atom stereocenters. The number of benzene rings is 2. The number of amides is 1. The predicted octanol–water partition coefficient (Wildman–Crippen LogP) is 3.84. The van der Waals surface area contributed by atoms with Gasteiger partial charge >= 0.3 is 12.1 Å². The molecule has 8 nitrogen and oxygen atoms in total. The van der Waals surface area contributed by atoms with Gasteiger partial charge in [0.05, 0.1) is 20.3 Å². The highest BCUT2D eigenvalue weighted by atomic mass is 16.6. The van der Waals surface area contributed by atoms with E-state index in [1.165, 1.54) is 7.11 Å². The molecule has 2 atom stereocenters. The molecule has 1 fully saturated rings. The van der Waals surface area contributed by atoms with E-state index in [0.717, 1.165) is 35.6 Å². The summed E-state index contributed by atoms with van der Waals surface area (Å²) in [5, 5.41) is 0. The van der Waals surface area contributed by atoms with Crippen LogP contribution in [-0.4, -0.2) is 74.9 Å². The van der Waals surface area contributed by atoms with Gasteiger partial charge in [0.2, 0.25) is 0 Å². The first-order chi connectivity index (χ1) is 17.0.